The summed E-state index contributed by atoms with van der Waals surface area (Å²) in [5.41, 5.74) is 0. The minimum Gasteiger partial charge on any atom is -0.462 e. The van der Waals surface area contributed by atoms with Crippen molar-refractivity contribution in [3.63, 3.8) is 0 Å². The Balaban J connectivity index is 1.95. The Bertz CT molecular complexity index is 923. The Morgan fingerprint density at radius 3 is 2.50 bits per heavy atom. The highest BCUT2D eigenvalue weighted by Crippen LogP contribution is 2.42. The van der Waals surface area contributed by atoms with Crippen molar-refractivity contribution in [3.8, 4) is 17.6 Å². The second-order valence-corrected chi connectivity index (χ2v) is 9.89. The second-order valence-electron chi connectivity index (χ2n) is 8.85. The molecule has 2 saturated carbocycles. The lowest BCUT2D eigenvalue weighted by Gasteiger charge is -2.37. The number of amides is 1. The van der Waals surface area contributed by atoms with E-state index in [9.17, 15) is 14.4 Å². The summed E-state index contributed by atoms with van der Waals surface area (Å²) >= 11 is 1.32. The van der Waals surface area contributed by atoms with Crippen molar-refractivity contribution in [1.82, 2.24) is 0 Å². The van der Waals surface area contributed by atoms with Gasteiger partial charge >= 0.3 is 12.1 Å². The van der Waals surface area contributed by atoms with Crippen molar-refractivity contribution >= 4 is 34.4 Å². The van der Waals surface area contributed by atoms with E-state index in [2.05, 4.69) is 23.5 Å². The number of nitrogens with zero attached hydrogens (tertiary/aromatic N) is 1. The van der Waals surface area contributed by atoms with Gasteiger partial charge in [0, 0.05) is 24.9 Å². The highest BCUT2D eigenvalue weighted by Gasteiger charge is 2.40. The van der Waals surface area contributed by atoms with E-state index in [0.29, 0.717) is 29.7 Å². The molecule has 7 nitrogen and oxygen atoms in total. The highest BCUT2D eigenvalue weighted by molar-refractivity contribution is 7.17. The molecular weight excluding hydrogens is 430 g/mol. The number of anilines is 1. The number of ether oxygens (including phenoxy) is 3. The third kappa shape index (κ3) is 6.04. The van der Waals surface area contributed by atoms with Crippen LogP contribution >= 0.6 is 11.3 Å². The van der Waals surface area contributed by atoms with Crippen molar-refractivity contribution in [2.75, 3.05) is 12.0 Å². The van der Waals surface area contributed by atoms with Crippen LogP contribution in [0.4, 0.5) is 9.80 Å². The molecule has 174 valence electrons. The second kappa shape index (κ2) is 10.4. The number of rotatable bonds is 5. The normalized spacial score (nSPS) is 22.5. The predicted molar refractivity (Wildman–Crippen MR) is 122 cm³/mol. The maximum absolute atomic E-state index is 13.8. The first kappa shape index (κ1) is 24.1. The van der Waals surface area contributed by atoms with Crippen molar-refractivity contribution in [2.24, 2.45) is 17.8 Å². The number of hydrogen-bond acceptors (Lipinski definition) is 7. The average molecular weight is 462 g/mol. The molecule has 0 unspecified atom stereocenters. The molecule has 2 fully saturated rings. The fourth-order valence-electron chi connectivity index (χ4n) is 3.92. The molecule has 8 heteroatoms. The van der Waals surface area contributed by atoms with Crippen LogP contribution in [0.1, 0.15) is 64.7 Å². The largest absolute Gasteiger partial charge is 0.513 e. The lowest BCUT2D eigenvalue weighted by atomic mass is 9.79. The number of esters is 1. The van der Waals surface area contributed by atoms with E-state index in [1.165, 1.54) is 25.4 Å². The molecule has 0 spiro atoms. The molecule has 1 heterocycles. The Morgan fingerprint density at radius 2 is 1.91 bits per heavy atom. The molecular formula is C24H31NO6S. The third-order valence-electron chi connectivity index (χ3n) is 5.68. The van der Waals surface area contributed by atoms with Gasteiger partial charge in [0.2, 0.25) is 5.91 Å². The van der Waals surface area contributed by atoms with Crippen molar-refractivity contribution in [2.45, 2.75) is 71.9 Å². The summed E-state index contributed by atoms with van der Waals surface area (Å²) in [4.78, 5) is 39.7. The standard InChI is InChI=1S/C24H31NO6S/c1-14(2)25(22(27)19-11-6-15(3)12-20(19)30-16(4)26)23-21(31-24(28)29-5)13-18(32-23)10-9-17-7-8-17/h13-15,17,19-20H,6-8,11-12H2,1-5H3/t15-,19-,20+/m1/s1. The molecule has 32 heavy (non-hydrogen) atoms. The molecule has 2 aliphatic carbocycles. The zero-order valence-electron chi connectivity index (χ0n) is 19.3. The number of carbonyl (C=O) groups excluding carboxylic acids is 3. The van der Waals surface area contributed by atoms with Crippen LogP contribution in [0.2, 0.25) is 0 Å². The summed E-state index contributed by atoms with van der Waals surface area (Å²) in [6, 6.07) is 1.48. The summed E-state index contributed by atoms with van der Waals surface area (Å²) in [6.07, 6.45) is 3.05. The Labute approximate surface area is 193 Å². The molecule has 1 amide bonds. The summed E-state index contributed by atoms with van der Waals surface area (Å²) in [7, 11) is 1.24. The fraction of sp³-hybridized carbons (Fsp3) is 0.625. The van der Waals surface area contributed by atoms with Crippen LogP contribution in [-0.2, 0) is 19.1 Å². The van der Waals surface area contributed by atoms with Crippen LogP contribution in [0.25, 0.3) is 0 Å². The van der Waals surface area contributed by atoms with E-state index in [1.807, 2.05) is 13.8 Å². The quantitative estimate of drug-likeness (QED) is 0.464. The SMILES string of the molecule is COC(=O)Oc1cc(C#CC2CC2)sc1N(C(=O)[C@@H]1CC[C@@H](C)C[C@@H]1OC(C)=O)C(C)C. The summed E-state index contributed by atoms with van der Waals surface area (Å²) < 4.78 is 15.6. The van der Waals surface area contributed by atoms with Gasteiger partial charge in [-0.2, -0.15) is 0 Å². The van der Waals surface area contributed by atoms with Gasteiger partial charge in [-0.3, -0.25) is 14.5 Å². The van der Waals surface area contributed by atoms with Crippen molar-refractivity contribution in [3.05, 3.63) is 10.9 Å². The number of methoxy groups -OCH3 is 1. The third-order valence-corrected chi connectivity index (χ3v) is 6.71. The first-order chi connectivity index (χ1) is 15.2. The lowest BCUT2D eigenvalue weighted by molar-refractivity contribution is -0.154. The maximum atomic E-state index is 13.8. The zero-order chi connectivity index (χ0) is 23.4. The van der Waals surface area contributed by atoms with Crippen LogP contribution < -0.4 is 9.64 Å². The number of thiophene rings is 1. The molecule has 0 saturated heterocycles. The summed E-state index contributed by atoms with van der Waals surface area (Å²) in [6.45, 7) is 7.28. The lowest BCUT2D eigenvalue weighted by Crippen LogP contribution is -2.47. The van der Waals surface area contributed by atoms with Gasteiger partial charge in [0.15, 0.2) is 5.75 Å². The molecule has 0 radical (unpaired) electrons. The predicted octanol–water partition coefficient (Wildman–Crippen LogP) is 4.76. The molecule has 3 atom stereocenters. The van der Waals surface area contributed by atoms with Gasteiger partial charge in [-0.15, -0.1) is 11.3 Å². The highest BCUT2D eigenvalue weighted by atomic mass is 32.1. The van der Waals surface area contributed by atoms with Gasteiger partial charge in [-0.1, -0.05) is 18.8 Å². The monoisotopic (exact) mass is 461 g/mol. The Morgan fingerprint density at radius 1 is 1.19 bits per heavy atom. The number of hydrogen-bond donors (Lipinski definition) is 0. The zero-order valence-corrected chi connectivity index (χ0v) is 20.1. The van der Waals surface area contributed by atoms with Gasteiger partial charge in [-0.05, 0) is 51.9 Å². The van der Waals surface area contributed by atoms with Crippen LogP contribution in [-0.4, -0.2) is 37.3 Å². The average Bonchev–Trinajstić information content (AvgIpc) is 3.47. The minimum atomic E-state index is -0.855. The van der Waals surface area contributed by atoms with Crippen LogP contribution in [0.15, 0.2) is 6.07 Å². The van der Waals surface area contributed by atoms with Gasteiger partial charge in [-0.25, -0.2) is 4.79 Å². The number of carbonyl (C=O) groups is 3. The van der Waals surface area contributed by atoms with Crippen LogP contribution in [0.5, 0.6) is 5.75 Å². The Kier molecular flexibility index (Phi) is 7.83. The molecule has 1 aromatic heterocycles. The smallest absolute Gasteiger partial charge is 0.462 e. The van der Waals surface area contributed by atoms with E-state index >= 15 is 0 Å². The molecule has 0 aliphatic heterocycles. The molecule has 0 aromatic carbocycles. The van der Waals surface area contributed by atoms with E-state index in [0.717, 1.165) is 24.1 Å². The van der Waals surface area contributed by atoms with Crippen molar-refractivity contribution < 1.29 is 28.6 Å². The van der Waals surface area contributed by atoms with Gasteiger partial charge in [0.05, 0.1) is 17.9 Å². The first-order valence-corrected chi connectivity index (χ1v) is 11.9. The van der Waals surface area contributed by atoms with E-state index in [4.69, 9.17) is 9.47 Å². The minimum absolute atomic E-state index is 0.142. The van der Waals surface area contributed by atoms with Crippen LogP contribution in [0, 0.1) is 29.6 Å². The summed E-state index contributed by atoms with van der Waals surface area (Å²) in [5.74, 6) is 6.40. The molecule has 3 rings (SSSR count). The van der Waals surface area contributed by atoms with Gasteiger partial charge < -0.3 is 14.2 Å². The topological polar surface area (TPSA) is 82.1 Å². The van der Waals surface area contributed by atoms with E-state index in [-0.39, 0.29) is 23.7 Å². The molecule has 0 bridgehead atoms. The molecule has 0 N–H and O–H groups in total. The summed E-state index contributed by atoms with van der Waals surface area (Å²) in [5, 5.41) is 0.510. The molecule has 1 aromatic rings. The fourth-order valence-corrected chi connectivity index (χ4v) is 5.01. The first-order valence-electron chi connectivity index (χ1n) is 11.1. The van der Waals surface area contributed by atoms with Gasteiger partial charge in [0.25, 0.3) is 0 Å². The van der Waals surface area contributed by atoms with E-state index in [1.54, 1.807) is 11.0 Å². The van der Waals surface area contributed by atoms with E-state index < -0.39 is 18.2 Å². The maximum Gasteiger partial charge on any atom is 0.513 e. The van der Waals surface area contributed by atoms with Crippen molar-refractivity contribution in [1.29, 1.82) is 0 Å². The van der Waals surface area contributed by atoms with Crippen LogP contribution in [0.3, 0.4) is 0 Å². The van der Waals surface area contributed by atoms with Gasteiger partial charge in [0.1, 0.15) is 11.1 Å². The Hall–Kier alpha value is -2.53. The molecule has 2 aliphatic rings.